The van der Waals surface area contributed by atoms with Crippen molar-refractivity contribution in [3.05, 3.63) is 42.5 Å². The molecule has 7 atom stereocenters. The number of carbonyl (C=O) groups excluding carboxylic acids is 2. The lowest BCUT2D eigenvalue weighted by Gasteiger charge is -2.30. The minimum atomic E-state index is -5.56. The van der Waals surface area contributed by atoms with Crippen molar-refractivity contribution >= 4 is 64.0 Å². The molecule has 1 fully saturated rings. The number of rotatable bonds is 21. The summed E-state index contributed by atoms with van der Waals surface area (Å²) >= 11 is 1.56. The van der Waals surface area contributed by atoms with Gasteiger partial charge in [-0.15, -0.1) is 0 Å². The number of phenols is 1. The van der Waals surface area contributed by atoms with Gasteiger partial charge in [0, 0.05) is 36.4 Å². The number of nitrogen functional groups attached to an aromatic ring is 1. The van der Waals surface area contributed by atoms with Crippen molar-refractivity contribution in [2.24, 2.45) is 5.41 Å². The molecule has 2 amide bonds. The van der Waals surface area contributed by atoms with Gasteiger partial charge in [-0.3, -0.25) is 27.7 Å². The van der Waals surface area contributed by atoms with Gasteiger partial charge in [-0.05, 0) is 17.7 Å². The van der Waals surface area contributed by atoms with E-state index in [1.54, 1.807) is 36.0 Å². The highest BCUT2D eigenvalue weighted by molar-refractivity contribution is 7.98. The van der Waals surface area contributed by atoms with Crippen molar-refractivity contribution < 1.29 is 80.8 Å². The first-order chi connectivity index (χ1) is 26.1. The number of aliphatic hydroxyl groups is 2. The second kappa shape index (κ2) is 19.1. The molecule has 0 aliphatic carbocycles. The summed E-state index contributed by atoms with van der Waals surface area (Å²) in [6, 6.07) is 6.74. The summed E-state index contributed by atoms with van der Waals surface area (Å²) < 4.78 is 62.1. The van der Waals surface area contributed by atoms with Crippen molar-refractivity contribution in [1.82, 2.24) is 30.2 Å². The lowest BCUT2D eigenvalue weighted by Crippen LogP contribution is -2.46. The van der Waals surface area contributed by atoms with Gasteiger partial charge in [-0.25, -0.2) is 28.6 Å². The number of hydrogen-bond acceptors (Lipinski definition) is 18. The highest BCUT2D eigenvalue weighted by atomic mass is 32.2. The second-order valence-electron chi connectivity index (χ2n) is 12.8. The minimum absolute atomic E-state index is 0.0333. The van der Waals surface area contributed by atoms with Crippen LogP contribution in [0.1, 0.15) is 32.1 Å². The Bertz CT molecular complexity index is 1970. The molecule has 24 nitrogen and oxygen atoms in total. The number of thioether (sulfide) groups is 1. The van der Waals surface area contributed by atoms with E-state index in [0.29, 0.717) is 18.1 Å². The van der Waals surface area contributed by atoms with Crippen LogP contribution in [0.2, 0.25) is 0 Å². The SMILES string of the molecule is CC(C)(COP(=O)(O)OP(=O)(O)OCC1OC(n2cnc3c(N)ncnc32)C(O)C1OP(=O)(O)O)C(O)C(=O)NCCC(=O)NCCSCc1ccc(O)cc1. The van der Waals surface area contributed by atoms with Gasteiger partial charge in [0.05, 0.1) is 19.5 Å². The Morgan fingerprint density at radius 3 is 2.39 bits per heavy atom. The van der Waals surface area contributed by atoms with E-state index in [1.807, 2.05) is 0 Å². The Morgan fingerprint density at radius 2 is 1.71 bits per heavy atom. The van der Waals surface area contributed by atoms with Crippen molar-refractivity contribution in [3.63, 3.8) is 0 Å². The zero-order valence-electron chi connectivity index (χ0n) is 29.6. The van der Waals surface area contributed by atoms with E-state index in [0.717, 1.165) is 22.8 Å². The maximum atomic E-state index is 12.7. The second-order valence-corrected chi connectivity index (χ2v) is 18.1. The number of carbonyl (C=O) groups is 2. The average Bonchev–Trinajstić information content (AvgIpc) is 3.67. The standard InChI is InChI=1S/C28H42N7O17P3S/c1-28(2,23(39)26(40)31-8-7-19(37)30-9-10-56-12-16-3-5-17(36)6-4-16)13-49-55(46,47)52-54(44,45)48-11-18-22(51-53(41,42)43)21(38)27(50-18)35-15-34-20-24(29)32-14-33-25(20)35/h3-6,14-15,18,21-23,27,36,38-39H,7-13H2,1-2H3,(H,30,37)(H,31,40)(H,44,45)(H,46,47)(H2,29,32,33)(H2,41,42,43). The van der Waals surface area contributed by atoms with E-state index in [2.05, 4.69) is 34.4 Å². The number of imidazole rings is 1. The van der Waals surface area contributed by atoms with Crippen LogP contribution in [0.25, 0.3) is 11.2 Å². The third-order valence-corrected chi connectivity index (χ3v) is 12.0. The van der Waals surface area contributed by atoms with Crippen LogP contribution in [0.3, 0.4) is 0 Å². The molecule has 0 spiro atoms. The highest BCUT2D eigenvalue weighted by Gasteiger charge is 2.50. The molecular weight excluding hydrogens is 831 g/mol. The molecule has 4 rings (SSSR count). The molecule has 56 heavy (non-hydrogen) atoms. The number of aromatic hydroxyl groups is 1. The van der Waals surface area contributed by atoms with Gasteiger partial charge in [0.25, 0.3) is 0 Å². The first-order valence-electron chi connectivity index (χ1n) is 16.3. The normalized spacial score (nSPS) is 21.6. The summed E-state index contributed by atoms with van der Waals surface area (Å²) in [5.41, 5.74) is 5.29. The fourth-order valence-electron chi connectivity index (χ4n) is 4.98. The number of hydrogen-bond donors (Lipinski definition) is 10. The number of amides is 2. The Balaban J connectivity index is 1.22. The van der Waals surface area contributed by atoms with Crippen molar-refractivity contribution in [3.8, 4) is 5.75 Å². The molecule has 1 aliphatic rings. The number of aromatic nitrogens is 4. The predicted octanol–water partition coefficient (Wildman–Crippen LogP) is 0.0439. The summed E-state index contributed by atoms with van der Waals surface area (Å²) in [5.74, 6) is 0.0892. The lowest BCUT2D eigenvalue weighted by atomic mass is 9.87. The zero-order valence-corrected chi connectivity index (χ0v) is 33.1. The number of nitrogens with zero attached hydrogens (tertiary/aromatic N) is 4. The lowest BCUT2D eigenvalue weighted by molar-refractivity contribution is -0.137. The Morgan fingerprint density at radius 1 is 1.04 bits per heavy atom. The van der Waals surface area contributed by atoms with Crippen LogP contribution < -0.4 is 16.4 Å². The van der Waals surface area contributed by atoms with E-state index in [-0.39, 0.29) is 41.6 Å². The molecule has 1 aromatic carbocycles. The molecule has 28 heteroatoms. The Kier molecular flexibility index (Phi) is 15.6. The monoisotopic (exact) mass is 873 g/mol. The van der Waals surface area contributed by atoms with Crippen LogP contribution in [0, 0.1) is 5.41 Å². The third-order valence-electron chi connectivity index (χ3n) is 7.85. The number of nitrogens with one attached hydrogen (secondary N) is 2. The molecular formula is C28H42N7O17P3S. The largest absolute Gasteiger partial charge is 0.508 e. The Labute approximate surface area is 322 Å². The van der Waals surface area contributed by atoms with E-state index < -0.39 is 78.6 Å². The smallest absolute Gasteiger partial charge is 0.481 e. The van der Waals surface area contributed by atoms with E-state index in [1.165, 1.54) is 13.8 Å². The summed E-state index contributed by atoms with van der Waals surface area (Å²) in [6.07, 6.45) is -6.82. The summed E-state index contributed by atoms with van der Waals surface area (Å²) in [7, 11) is -16.4. The molecule has 2 aromatic heterocycles. The molecule has 11 N–H and O–H groups in total. The fraction of sp³-hybridized carbons (Fsp3) is 0.536. The minimum Gasteiger partial charge on any atom is -0.508 e. The maximum Gasteiger partial charge on any atom is 0.481 e. The van der Waals surface area contributed by atoms with Gasteiger partial charge in [-0.1, -0.05) is 26.0 Å². The Hall–Kier alpha value is -3.09. The summed E-state index contributed by atoms with van der Waals surface area (Å²) in [5, 5.41) is 35.8. The molecule has 0 radical (unpaired) electrons. The number of fused-ring (bicyclic) bond motifs is 1. The van der Waals surface area contributed by atoms with E-state index in [9.17, 15) is 58.2 Å². The number of phosphoric ester groups is 3. The fourth-order valence-corrected chi connectivity index (χ4v) is 8.63. The molecule has 7 unspecified atom stereocenters. The first-order valence-corrected chi connectivity index (χ1v) is 22.0. The molecule has 3 heterocycles. The molecule has 0 bridgehead atoms. The molecule has 0 saturated carbocycles. The number of nitrogens with two attached hydrogens (primary N) is 1. The van der Waals surface area contributed by atoms with Crippen LogP contribution in [0.4, 0.5) is 5.82 Å². The quantitative estimate of drug-likeness (QED) is 0.0499. The van der Waals surface area contributed by atoms with Crippen LogP contribution in [0.15, 0.2) is 36.9 Å². The van der Waals surface area contributed by atoms with Gasteiger partial charge >= 0.3 is 23.5 Å². The molecule has 1 saturated heterocycles. The van der Waals surface area contributed by atoms with Gasteiger partial charge < -0.3 is 56.0 Å². The van der Waals surface area contributed by atoms with E-state index in [4.69, 9.17) is 19.5 Å². The maximum absolute atomic E-state index is 12.7. The zero-order chi connectivity index (χ0) is 41.5. The highest BCUT2D eigenvalue weighted by Crippen LogP contribution is 2.61. The van der Waals surface area contributed by atoms with Crippen molar-refractivity contribution in [2.75, 3.05) is 37.8 Å². The van der Waals surface area contributed by atoms with E-state index >= 15 is 0 Å². The van der Waals surface area contributed by atoms with Gasteiger partial charge in [0.2, 0.25) is 11.8 Å². The third kappa shape index (κ3) is 13.2. The van der Waals surface area contributed by atoms with Crippen LogP contribution in [-0.2, 0) is 51.7 Å². The average molecular weight is 874 g/mol. The number of phosphoric acid groups is 3. The number of phenolic OH excluding ortho intramolecular Hbond substituents is 1. The topological polar surface area (TPSA) is 367 Å². The first kappa shape index (κ1) is 45.6. The van der Waals surface area contributed by atoms with Crippen LogP contribution in [-0.4, -0.2) is 123 Å². The van der Waals surface area contributed by atoms with Crippen molar-refractivity contribution in [2.45, 2.75) is 56.7 Å². The summed E-state index contributed by atoms with van der Waals surface area (Å²) in [6.45, 7) is 0.729. The van der Waals surface area contributed by atoms with Crippen molar-refractivity contribution in [1.29, 1.82) is 0 Å². The molecule has 1 aliphatic heterocycles. The van der Waals surface area contributed by atoms with Gasteiger partial charge in [-0.2, -0.15) is 16.1 Å². The van der Waals surface area contributed by atoms with Gasteiger partial charge in [0.1, 0.15) is 42.0 Å². The molecule has 312 valence electrons. The molecule has 3 aromatic rings. The summed E-state index contributed by atoms with van der Waals surface area (Å²) in [4.78, 5) is 75.7. The van der Waals surface area contributed by atoms with Crippen LogP contribution in [0.5, 0.6) is 5.75 Å². The van der Waals surface area contributed by atoms with Crippen LogP contribution >= 0.6 is 35.2 Å². The predicted molar refractivity (Wildman–Crippen MR) is 194 cm³/mol. The number of benzene rings is 1. The number of anilines is 1. The number of aliphatic hydroxyl groups excluding tert-OH is 2. The number of ether oxygens (including phenoxy) is 1. The van der Waals surface area contributed by atoms with Gasteiger partial charge in [0.15, 0.2) is 17.7 Å².